The van der Waals surface area contributed by atoms with Gasteiger partial charge in [-0.1, -0.05) is 13.3 Å². The lowest BCUT2D eigenvalue weighted by Crippen LogP contribution is -2.60. The molecule has 11 unspecified atom stereocenters. The van der Waals surface area contributed by atoms with Crippen LogP contribution in [0.25, 0.3) is 0 Å². The summed E-state index contributed by atoms with van der Waals surface area (Å²) >= 11 is 0. The molecule has 0 aromatic carbocycles. The van der Waals surface area contributed by atoms with E-state index in [9.17, 15) is 18.0 Å². The maximum Gasteiger partial charge on any atom is 0.223 e. The van der Waals surface area contributed by atoms with Crippen LogP contribution in [0.3, 0.4) is 0 Å². The topological polar surface area (TPSA) is 53.2 Å². The minimum absolute atomic E-state index is 0.0378. The zero-order chi connectivity index (χ0) is 22.3. The van der Waals surface area contributed by atoms with E-state index < -0.39 is 24.6 Å². The predicted octanol–water partition coefficient (Wildman–Crippen LogP) is 3.70. The monoisotopic (exact) mass is 443 g/mol. The number of rotatable bonds is 5. The number of piperidine rings is 1. The van der Waals surface area contributed by atoms with Crippen LogP contribution in [-0.4, -0.2) is 55.1 Å². The maximum atomic E-state index is 14.5. The Kier molecular flexibility index (Phi) is 7.21. The van der Waals surface area contributed by atoms with E-state index in [-0.39, 0.29) is 48.2 Å². The summed E-state index contributed by atoms with van der Waals surface area (Å²) in [6.45, 7) is 6.81. The molecule has 0 radical (unpaired) electrons. The van der Waals surface area contributed by atoms with E-state index >= 15 is 0 Å². The van der Waals surface area contributed by atoms with E-state index in [1.807, 2.05) is 13.8 Å². The molecular formula is C24H40F3N3O. The van der Waals surface area contributed by atoms with Gasteiger partial charge in [0.15, 0.2) is 6.17 Å². The number of alkyl halides is 3. The van der Waals surface area contributed by atoms with Gasteiger partial charge < -0.3 is 16.0 Å². The predicted molar refractivity (Wildman–Crippen MR) is 116 cm³/mol. The van der Waals surface area contributed by atoms with Gasteiger partial charge in [0.2, 0.25) is 5.91 Å². The lowest BCUT2D eigenvalue weighted by Gasteiger charge is -2.50. The zero-order valence-electron chi connectivity index (χ0n) is 19.1. The number of nitrogens with one attached hydrogen (secondary N) is 3. The summed E-state index contributed by atoms with van der Waals surface area (Å²) in [4.78, 5) is 12.9. The fourth-order valence-electron chi connectivity index (χ4n) is 7.22. The van der Waals surface area contributed by atoms with Gasteiger partial charge in [-0.05, 0) is 76.0 Å². The van der Waals surface area contributed by atoms with E-state index in [0.29, 0.717) is 18.4 Å². The van der Waals surface area contributed by atoms with Crippen LogP contribution in [-0.2, 0) is 4.79 Å². The Morgan fingerprint density at radius 1 is 1.00 bits per heavy atom. The highest BCUT2D eigenvalue weighted by molar-refractivity contribution is 5.79. The van der Waals surface area contributed by atoms with Crippen LogP contribution in [0.15, 0.2) is 0 Å². The molecule has 0 aromatic rings. The summed E-state index contributed by atoms with van der Waals surface area (Å²) < 4.78 is 42.5. The lowest BCUT2D eigenvalue weighted by molar-refractivity contribution is -0.130. The van der Waals surface area contributed by atoms with Crippen LogP contribution in [0.2, 0.25) is 0 Å². The third-order valence-corrected chi connectivity index (χ3v) is 8.59. The number of halogens is 3. The Hall–Kier alpha value is -0.820. The summed E-state index contributed by atoms with van der Waals surface area (Å²) in [5.41, 5.74) is 0. The van der Waals surface area contributed by atoms with Gasteiger partial charge in [-0.25, -0.2) is 13.2 Å². The van der Waals surface area contributed by atoms with Crippen LogP contribution >= 0.6 is 0 Å². The molecule has 0 spiro atoms. The highest BCUT2D eigenvalue weighted by atomic mass is 19.2. The number of hydrogen-bond acceptors (Lipinski definition) is 3. The third-order valence-electron chi connectivity index (χ3n) is 8.59. The molecule has 2 saturated carbocycles. The third kappa shape index (κ3) is 4.50. The summed E-state index contributed by atoms with van der Waals surface area (Å²) in [6, 6.07) is 0.00627. The van der Waals surface area contributed by atoms with Crippen molar-refractivity contribution in [3.05, 3.63) is 0 Å². The van der Waals surface area contributed by atoms with Crippen molar-refractivity contribution in [3.63, 3.8) is 0 Å². The van der Waals surface area contributed by atoms with Crippen LogP contribution in [0.4, 0.5) is 13.2 Å². The molecule has 1 amide bonds. The second kappa shape index (κ2) is 9.58. The molecule has 0 bridgehead atoms. The fourth-order valence-corrected chi connectivity index (χ4v) is 7.22. The molecule has 0 aromatic heterocycles. The molecule has 2 saturated heterocycles. The van der Waals surface area contributed by atoms with E-state index in [4.69, 9.17) is 0 Å². The quantitative estimate of drug-likeness (QED) is 0.607. The van der Waals surface area contributed by atoms with Crippen molar-refractivity contribution in [1.29, 1.82) is 0 Å². The molecule has 2 aliphatic carbocycles. The summed E-state index contributed by atoms with van der Waals surface area (Å²) in [5, 5.41) is 10.2. The minimum atomic E-state index is -2.01. The Morgan fingerprint density at radius 2 is 1.77 bits per heavy atom. The zero-order valence-corrected chi connectivity index (χ0v) is 19.1. The average molecular weight is 444 g/mol. The minimum Gasteiger partial charge on any atom is -0.354 e. The largest absolute Gasteiger partial charge is 0.354 e. The molecule has 4 nitrogen and oxygen atoms in total. The summed E-state index contributed by atoms with van der Waals surface area (Å²) in [7, 11) is 0. The SMILES string of the molecule is CCCC1CCC(C(=O)NC(C)C)C2CCC(C3CNC4C(F)C(F)C(F)CC34)NC12. The molecule has 178 valence electrons. The lowest BCUT2D eigenvalue weighted by atomic mass is 9.63. The van der Waals surface area contributed by atoms with E-state index in [1.165, 1.54) is 0 Å². The normalized spacial score (nSPS) is 47.6. The van der Waals surface area contributed by atoms with Gasteiger partial charge >= 0.3 is 0 Å². The van der Waals surface area contributed by atoms with Gasteiger partial charge in [0.05, 0.1) is 0 Å². The van der Waals surface area contributed by atoms with Crippen molar-refractivity contribution in [1.82, 2.24) is 16.0 Å². The molecule has 7 heteroatoms. The number of carbonyl (C=O) groups excluding carboxylic acids is 1. The first-order valence-electron chi connectivity index (χ1n) is 12.5. The molecule has 3 N–H and O–H groups in total. The molecule has 2 heterocycles. The Bertz CT molecular complexity index is 635. The van der Waals surface area contributed by atoms with Gasteiger partial charge in [0, 0.05) is 36.6 Å². The van der Waals surface area contributed by atoms with E-state index in [0.717, 1.165) is 38.5 Å². The smallest absolute Gasteiger partial charge is 0.223 e. The maximum absolute atomic E-state index is 14.5. The molecule has 2 aliphatic heterocycles. The first kappa shape index (κ1) is 23.3. The highest BCUT2D eigenvalue weighted by Crippen LogP contribution is 2.46. The van der Waals surface area contributed by atoms with Gasteiger partial charge in [-0.3, -0.25) is 4.79 Å². The number of carbonyl (C=O) groups is 1. The summed E-state index contributed by atoms with van der Waals surface area (Å²) in [6.07, 6.45) is 0.742. The molecule has 11 atom stereocenters. The first-order valence-corrected chi connectivity index (χ1v) is 12.5. The first-order chi connectivity index (χ1) is 14.8. The van der Waals surface area contributed by atoms with Crippen molar-refractivity contribution in [2.24, 2.45) is 29.6 Å². The highest BCUT2D eigenvalue weighted by Gasteiger charge is 2.54. The van der Waals surface area contributed by atoms with Crippen LogP contribution in [0.5, 0.6) is 0 Å². The van der Waals surface area contributed by atoms with Gasteiger partial charge in [0.1, 0.15) is 12.3 Å². The van der Waals surface area contributed by atoms with Gasteiger partial charge in [0.25, 0.3) is 0 Å². The van der Waals surface area contributed by atoms with Crippen LogP contribution in [0.1, 0.15) is 65.7 Å². The second-order valence-corrected chi connectivity index (χ2v) is 10.8. The molecule has 4 rings (SSSR count). The van der Waals surface area contributed by atoms with Crippen molar-refractivity contribution in [3.8, 4) is 0 Å². The average Bonchev–Trinajstić information content (AvgIpc) is 3.15. The number of amides is 1. The second-order valence-electron chi connectivity index (χ2n) is 10.8. The van der Waals surface area contributed by atoms with E-state index in [1.54, 1.807) is 0 Å². The number of hydrogen-bond donors (Lipinski definition) is 3. The van der Waals surface area contributed by atoms with Gasteiger partial charge in [-0.2, -0.15) is 0 Å². The van der Waals surface area contributed by atoms with Crippen LogP contribution in [0, 0.1) is 29.6 Å². The van der Waals surface area contributed by atoms with Crippen LogP contribution < -0.4 is 16.0 Å². The van der Waals surface area contributed by atoms with Gasteiger partial charge in [-0.15, -0.1) is 0 Å². The fraction of sp³-hybridized carbons (Fsp3) is 0.958. The molecule has 4 fully saturated rings. The Labute approximate surface area is 184 Å². The van der Waals surface area contributed by atoms with E-state index in [2.05, 4.69) is 22.9 Å². The van der Waals surface area contributed by atoms with Crippen molar-refractivity contribution < 1.29 is 18.0 Å². The van der Waals surface area contributed by atoms with Crippen molar-refractivity contribution >= 4 is 5.91 Å². The standard InChI is InChI=1S/C24H40F3N3O/c1-4-5-13-6-7-15(24(31)29-12(2)3)14-8-9-19(30-22(13)14)17-11-28-23-16(17)10-18(25)20(26)21(23)27/h12-23,28,30H,4-11H2,1-3H3,(H,29,31). The Morgan fingerprint density at radius 3 is 2.48 bits per heavy atom. The van der Waals surface area contributed by atoms with Crippen molar-refractivity contribution in [2.45, 2.75) is 108 Å². The van der Waals surface area contributed by atoms with Crippen molar-refractivity contribution in [2.75, 3.05) is 6.54 Å². The molecule has 4 aliphatic rings. The number of fused-ring (bicyclic) bond motifs is 2. The summed E-state index contributed by atoms with van der Waals surface area (Å²) in [5.74, 6) is 1.01. The Balaban J connectivity index is 1.48. The molecular weight excluding hydrogens is 403 g/mol. The molecule has 31 heavy (non-hydrogen) atoms.